The van der Waals surface area contributed by atoms with Crippen molar-refractivity contribution in [2.45, 2.75) is 78.3 Å². The molecule has 12 nitrogen and oxygen atoms in total. The number of hydrogen-bond acceptors (Lipinski definition) is 11. The molecule has 0 spiro atoms. The number of anilines is 2. The molecule has 1 aliphatic carbocycles. The van der Waals surface area contributed by atoms with Gasteiger partial charge < -0.3 is 29.3 Å². The molecule has 2 N–H and O–H groups in total. The smallest absolute Gasteiger partial charge is 0.212 e. The Hall–Kier alpha value is -5.83. The molecule has 4 aliphatic heterocycles. The van der Waals surface area contributed by atoms with Crippen molar-refractivity contribution in [2.24, 2.45) is 4.99 Å². The van der Waals surface area contributed by atoms with Gasteiger partial charge in [-0.05, 0) is 87.7 Å². The molecule has 14 heteroatoms. The summed E-state index contributed by atoms with van der Waals surface area (Å²) in [6, 6.07) is 20.6. The second-order valence-corrected chi connectivity index (χ2v) is 21.0. The minimum absolute atomic E-state index is 0.116. The van der Waals surface area contributed by atoms with Crippen LogP contribution in [-0.2, 0) is 10.1 Å². The van der Waals surface area contributed by atoms with E-state index in [1.807, 2.05) is 38.1 Å². The largest absolute Gasteiger partial charge is 0.748 e. The highest BCUT2D eigenvalue weighted by atomic mass is 32.2. The van der Waals surface area contributed by atoms with Crippen molar-refractivity contribution in [3.63, 3.8) is 0 Å². The molecule has 0 fully saturated rings. The van der Waals surface area contributed by atoms with E-state index in [0.717, 1.165) is 53.0 Å². The highest BCUT2D eigenvalue weighted by molar-refractivity contribution is 7.86. The minimum Gasteiger partial charge on any atom is -0.748 e. The summed E-state index contributed by atoms with van der Waals surface area (Å²) in [5, 5.41) is 21.4. The van der Waals surface area contributed by atoms with Gasteiger partial charge in [-0.2, -0.15) is 0 Å². The van der Waals surface area contributed by atoms with Crippen LogP contribution in [0.15, 0.2) is 102 Å². The molecule has 4 heterocycles. The number of aliphatic hydroxyl groups is 2. The first-order chi connectivity index (χ1) is 30.5. The zero-order valence-electron chi connectivity index (χ0n) is 39.0. The quantitative estimate of drug-likeness (QED) is 0.0534. The summed E-state index contributed by atoms with van der Waals surface area (Å²) in [4.78, 5) is 15.5. The number of allylic oxidation sites excluding steroid dienone is 3. The summed E-state index contributed by atoms with van der Waals surface area (Å²) < 4.78 is 47.5. The molecular formula is C51H61N6O6S2+. The molecule has 342 valence electrons. The maximum atomic E-state index is 11.9. The number of fused-ring (bicyclic) bond motifs is 6. The van der Waals surface area contributed by atoms with Crippen LogP contribution in [-0.4, -0.2) is 85.8 Å². The Morgan fingerprint density at radius 1 is 0.954 bits per heavy atom. The number of hydrogen-bond donors (Lipinski definition) is 2. The van der Waals surface area contributed by atoms with Crippen LogP contribution in [0.25, 0.3) is 31.9 Å². The van der Waals surface area contributed by atoms with E-state index < -0.39 is 21.4 Å². The Kier molecular flexibility index (Phi) is 13.2. The summed E-state index contributed by atoms with van der Waals surface area (Å²) in [5.41, 5.74) is 7.66. The second kappa shape index (κ2) is 18.2. The topological polar surface area (TPSA) is 145 Å². The molecule has 0 unspecified atom stereocenters. The van der Waals surface area contributed by atoms with Crippen LogP contribution in [0.2, 0.25) is 0 Å². The lowest BCUT2D eigenvalue weighted by Crippen LogP contribution is -2.50. The second-order valence-electron chi connectivity index (χ2n) is 18.5. The van der Waals surface area contributed by atoms with E-state index in [1.165, 1.54) is 20.5 Å². The van der Waals surface area contributed by atoms with E-state index in [1.54, 1.807) is 11.3 Å². The third kappa shape index (κ3) is 10.3. The Morgan fingerprint density at radius 3 is 2.35 bits per heavy atom. The summed E-state index contributed by atoms with van der Waals surface area (Å²) in [7, 11) is 1.65. The summed E-state index contributed by atoms with van der Waals surface area (Å²) in [6.07, 6.45) is 6.72. The van der Waals surface area contributed by atoms with Crippen LogP contribution < -0.4 is 39.8 Å². The number of rotatable bonds is 12. The summed E-state index contributed by atoms with van der Waals surface area (Å²) in [5.74, 6) is 0.981. The Balaban J connectivity index is 0.000000216. The Labute approximate surface area is 386 Å². The molecule has 8 rings (SSSR count). The van der Waals surface area contributed by atoms with Gasteiger partial charge in [-0.15, -0.1) is 11.3 Å². The molecule has 0 saturated heterocycles. The first kappa shape index (κ1) is 47.1. The van der Waals surface area contributed by atoms with Gasteiger partial charge >= 0.3 is 0 Å². The Morgan fingerprint density at radius 2 is 1.68 bits per heavy atom. The van der Waals surface area contributed by atoms with Crippen LogP contribution in [0, 0.1) is 0 Å². The van der Waals surface area contributed by atoms with E-state index in [0.29, 0.717) is 59.5 Å². The van der Waals surface area contributed by atoms with Gasteiger partial charge in [0.15, 0.2) is 17.0 Å². The SMILES string of the molecule is C=C(O)CCCN(C)c1ccc2nc3ccc(=[N+](C)C)cc-3sc2c1.C=C(O)CCC[N+]1=c2cc3c(cc2C(CS(=O)(=O)[O-])=CC1(C)C)=Nc1cc2c(cc1O3)N(CC)C(C)(C)C=C2C. The molecule has 3 aromatic carbocycles. The molecule has 0 saturated carbocycles. The fourth-order valence-electron chi connectivity index (χ4n) is 9.11. The molecule has 0 amide bonds. The van der Waals surface area contributed by atoms with Gasteiger partial charge in [0.25, 0.3) is 0 Å². The molecule has 0 aromatic heterocycles. The van der Waals surface area contributed by atoms with Gasteiger partial charge in [0.05, 0.1) is 65.3 Å². The van der Waals surface area contributed by atoms with Crippen molar-refractivity contribution in [3.8, 4) is 22.1 Å². The van der Waals surface area contributed by atoms with Gasteiger partial charge in [0.2, 0.25) is 10.7 Å². The molecular weight excluding hydrogens is 857 g/mol. The molecule has 65 heavy (non-hydrogen) atoms. The molecule has 3 aromatic rings. The van der Waals surface area contributed by atoms with E-state index in [-0.39, 0.29) is 17.1 Å². The van der Waals surface area contributed by atoms with Crippen LogP contribution in [0.5, 0.6) is 11.5 Å². The van der Waals surface area contributed by atoms with E-state index in [9.17, 15) is 23.2 Å². The summed E-state index contributed by atoms with van der Waals surface area (Å²) in [6.45, 7) is 22.0. The number of aliphatic hydroxyl groups excluding tert-OH is 2. The zero-order valence-corrected chi connectivity index (χ0v) is 40.7. The lowest BCUT2D eigenvalue weighted by atomic mass is 9.88. The van der Waals surface area contributed by atoms with Gasteiger partial charge in [0.1, 0.15) is 31.7 Å². The van der Waals surface area contributed by atoms with Gasteiger partial charge in [0, 0.05) is 88.4 Å². The number of nitrogens with zero attached hydrogens (tertiary/aromatic N) is 6. The third-order valence-electron chi connectivity index (χ3n) is 12.2. The number of likely N-dealkylation sites (N-methyl/N-ethyl adjacent to an activating group) is 1. The molecule has 0 radical (unpaired) electrons. The lowest BCUT2D eigenvalue weighted by molar-refractivity contribution is 0.353. The van der Waals surface area contributed by atoms with Crippen molar-refractivity contribution in [1.82, 2.24) is 14.1 Å². The van der Waals surface area contributed by atoms with E-state index in [4.69, 9.17) is 14.7 Å². The standard InChI is InChI=1S/C31H37N3O5S.C20H23N3OS/c1-8-33-26-14-28-24(12-22(26)19(2)16-30(33,4)5)32-25-13-23-21(18-40(36,37)38)17-31(6,7)34(11-9-10-20(3)35)27(23)15-29(25)39-28;1-14(24)6-5-11-23(4)16-8-10-18-20(13-16)25-19-12-15(22(2)3)7-9-17(19)21-18/h12-17H,3,8-11,18H2,1-2,4-7H3,(H-,35,36,37,38);7-10,12-13H,1,5-6,11H2,2-4H3/p+1. The first-order valence-electron chi connectivity index (χ1n) is 22.0. The van der Waals surface area contributed by atoms with Crippen molar-refractivity contribution in [3.05, 3.63) is 125 Å². The molecule has 0 bridgehead atoms. The fraction of sp³-hybridized carbons (Fsp3) is 0.373. The number of aromatic nitrogens is 1. The summed E-state index contributed by atoms with van der Waals surface area (Å²) >= 11 is 1.77. The lowest BCUT2D eigenvalue weighted by Gasteiger charge is -2.43. The van der Waals surface area contributed by atoms with Crippen molar-refractivity contribution >= 4 is 59.9 Å². The normalized spacial score (nSPS) is 15.5. The predicted molar refractivity (Wildman–Crippen MR) is 266 cm³/mol. The zero-order chi connectivity index (χ0) is 47.2. The first-order valence-corrected chi connectivity index (χ1v) is 24.4. The number of benzene rings is 4. The maximum absolute atomic E-state index is 11.9. The van der Waals surface area contributed by atoms with Gasteiger partial charge in [-0.25, -0.2) is 27.5 Å². The Bertz CT molecular complexity index is 3090. The average Bonchev–Trinajstić information content (AvgIpc) is 3.21. The van der Waals surface area contributed by atoms with E-state index >= 15 is 0 Å². The molecule has 5 aliphatic rings. The van der Waals surface area contributed by atoms with Crippen LogP contribution in [0.3, 0.4) is 0 Å². The van der Waals surface area contributed by atoms with Crippen LogP contribution >= 0.6 is 11.3 Å². The maximum Gasteiger partial charge on any atom is 0.212 e. The van der Waals surface area contributed by atoms with Gasteiger partial charge in [-0.3, -0.25) is 0 Å². The highest BCUT2D eigenvalue weighted by Crippen LogP contribution is 2.46. The fourth-order valence-corrected chi connectivity index (χ4v) is 10.8. The number of ether oxygens (including phenoxy) is 1. The molecule has 0 atom stereocenters. The van der Waals surface area contributed by atoms with E-state index in [2.05, 4.69) is 129 Å². The minimum atomic E-state index is -4.52. The average molecular weight is 918 g/mol. The van der Waals surface area contributed by atoms with Gasteiger partial charge in [-0.1, -0.05) is 19.2 Å². The van der Waals surface area contributed by atoms with Crippen molar-refractivity contribution < 1.29 is 27.9 Å². The van der Waals surface area contributed by atoms with Crippen LogP contribution in [0.1, 0.15) is 78.4 Å². The monoisotopic (exact) mass is 917 g/mol. The highest BCUT2D eigenvalue weighted by Gasteiger charge is 2.36. The van der Waals surface area contributed by atoms with Crippen molar-refractivity contribution in [1.29, 1.82) is 0 Å². The van der Waals surface area contributed by atoms with Crippen LogP contribution in [0.4, 0.5) is 17.1 Å². The van der Waals surface area contributed by atoms with Crippen molar-refractivity contribution in [2.75, 3.05) is 56.3 Å². The third-order valence-corrected chi connectivity index (χ3v) is 14.0. The predicted octanol–water partition coefficient (Wildman–Crippen LogP) is 8.55.